The van der Waals surface area contributed by atoms with Crippen LogP contribution in [0.25, 0.3) is 10.9 Å². The molecule has 0 radical (unpaired) electrons. The Kier molecular flexibility index (Phi) is 3.22. The van der Waals surface area contributed by atoms with Crippen LogP contribution in [-0.2, 0) is 0 Å². The van der Waals surface area contributed by atoms with E-state index in [1.807, 2.05) is 37.5 Å². The lowest BCUT2D eigenvalue weighted by Crippen LogP contribution is -2.30. The molecule has 4 heteroatoms. The van der Waals surface area contributed by atoms with Gasteiger partial charge in [0.15, 0.2) is 0 Å². The molecule has 1 aromatic heterocycles. The maximum absolute atomic E-state index is 11.9. The highest BCUT2D eigenvalue weighted by Gasteiger charge is 2.08. The molecule has 0 saturated heterocycles. The molecule has 4 nitrogen and oxygen atoms in total. The van der Waals surface area contributed by atoms with E-state index < -0.39 is 0 Å². The van der Waals surface area contributed by atoms with Gasteiger partial charge in [0.2, 0.25) is 0 Å². The van der Waals surface area contributed by atoms with Crippen LogP contribution in [0.4, 0.5) is 0 Å². The Morgan fingerprint density at radius 1 is 1.31 bits per heavy atom. The van der Waals surface area contributed by atoms with E-state index in [-0.39, 0.29) is 5.91 Å². The monoisotopic (exact) mass is 217 g/mol. The average Bonchev–Trinajstić information content (AvgIpc) is 2.76. The summed E-state index contributed by atoms with van der Waals surface area (Å²) in [5, 5.41) is 6.81. The molecule has 0 unspecified atom stereocenters. The summed E-state index contributed by atoms with van der Waals surface area (Å²) in [7, 11) is 1.86. The highest BCUT2D eigenvalue weighted by Crippen LogP contribution is 2.16. The Labute approximate surface area is 94.0 Å². The van der Waals surface area contributed by atoms with E-state index in [0.29, 0.717) is 6.54 Å². The van der Waals surface area contributed by atoms with Crippen molar-refractivity contribution in [3.63, 3.8) is 0 Å². The number of hydrogen-bond donors (Lipinski definition) is 3. The molecule has 0 aliphatic carbocycles. The lowest BCUT2D eigenvalue weighted by molar-refractivity contribution is 0.0956. The van der Waals surface area contributed by atoms with Crippen molar-refractivity contribution in [3.05, 3.63) is 36.0 Å². The number of aromatic amines is 1. The van der Waals surface area contributed by atoms with Crippen LogP contribution in [0.3, 0.4) is 0 Å². The SMILES string of the molecule is CNCCNC(=O)c1cccc2[nH]ccc12. The highest BCUT2D eigenvalue weighted by molar-refractivity contribution is 6.06. The number of nitrogens with one attached hydrogen (secondary N) is 3. The number of fused-ring (bicyclic) bond motifs is 1. The van der Waals surface area contributed by atoms with Crippen LogP contribution in [0.5, 0.6) is 0 Å². The molecular formula is C12H15N3O. The molecule has 0 fully saturated rings. The van der Waals surface area contributed by atoms with Crippen molar-refractivity contribution in [2.45, 2.75) is 0 Å². The Bertz CT molecular complexity index is 490. The maximum Gasteiger partial charge on any atom is 0.252 e. The average molecular weight is 217 g/mol. The topological polar surface area (TPSA) is 56.9 Å². The molecular weight excluding hydrogens is 202 g/mol. The minimum Gasteiger partial charge on any atom is -0.361 e. The van der Waals surface area contributed by atoms with Crippen LogP contribution in [0.1, 0.15) is 10.4 Å². The molecule has 1 aromatic carbocycles. The third-order valence-corrected chi connectivity index (χ3v) is 2.50. The van der Waals surface area contributed by atoms with Crippen molar-refractivity contribution >= 4 is 16.8 Å². The summed E-state index contributed by atoms with van der Waals surface area (Å²) in [6.45, 7) is 1.41. The summed E-state index contributed by atoms with van der Waals surface area (Å²) in [4.78, 5) is 15.0. The van der Waals surface area contributed by atoms with Crippen LogP contribution in [0, 0.1) is 0 Å². The first kappa shape index (κ1) is 10.7. The number of carbonyl (C=O) groups is 1. The number of H-pyrrole nitrogens is 1. The van der Waals surface area contributed by atoms with Gasteiger partial charge in [-0.15, -0.1) is 0 Å². The van der Waals surface area contributed by atoms with Crippen LogP contribution in [-0.4, -0.2) is 31.0 Å². The summed E-state index contributed by atoms with van der Waals surface area (Å²) in [5.74, 6) is -0.0274. The molecule has 16 heavy (non-hydrogen) atoms. The van der Waals surface area contributed by atoms with E-state index in [0.717, 1.165) is 23.0 Å². The quantitative estimate of drug-likeness (QED) is 0.672. The van der Waals surface area contributed by atoms with Gasteiger partial charge in [0.05, 0.1) is 0 Å². The molecule has 0 aliphatic rings. The number of amides is 1. The summed E-state index contributed by atoms with van der Waals surface area (Å²) < 4.78 is 0. The Morgan fingerprint density at radius 3 is 3.00 bits per heavy atom. The first-order chi connectivity index (χ1) is 7.83. The van der Waals surface area contributed by atoms with E-state index in [1.165, 1.54) is 0 Å². The largest absolute Gasteiger partial charge is 0.361 e. The van der Waals surface area contributed by atoms with E-state index in [2.05, 4.69) is 15.6 Å². The second kappa shape index (κ2) is 4.81. The zero-order valence-corrected chi connectivity index (χ0v) is 9.21. The first-order valence-electron chi connectivity index (χ1n) is 5.32. The summed E-state index contributed by atoms with van der Waals surface area (Å²) in [6, 6.07) is 7.60. The molecule has 0 bridgehead atoms. The Hall–Kier alpha value is -1.81. The summed E-state index contributed by atoms with van der Waals surface area (Å²) in [6.07, 6.45) is 1.84. The molecule has 2 rings (SSSR count). The Balaban J connectivity index is 2.19. The summed E-state index contributed by atoms with van der Waals surface area (Å²) >= 11 is 0. The van der Waals surface area contributed by atoms with E-state index in [4.69, 9.17) is 0 Å². The fraction of sp³-hybridized carbons (Fsp3) is 0.250. The molecule has 0 aliphatic heterocycles. The zero-order valence-electron chi connectivity index (χ0n) is 9.21. The molecule has 0 saturated carbocycles. The zero-order chi connectivity index (χ0) is 11.4. The molecule has 84 valence electrons. The van der Waals surface area contributed by atoms with Crippen LogP contribution < -0.4 is 10.6 Å². The van der Waals surface area contributed by atoms with Gasteiger partial charge >= 0.3 is 0 Å². The first-order valence-corrected chi connectivity index (χ1v) is 5.32. The standard InChI is InChI=1S/C12H15N3O/c1-13-7-8-15-12(16)10-3-2-4-11-9(10)5-6-14-11/h2-6,13-14H,7-8H2,1H3,(H,15,16). The van der Waals surface area contributed by atoms with Crippen molar-refractivity contribution in [3.8, 4) is 0 Å². The van der Waals surface area contributed by atoms with Crippen molar-refractivity contribution in [1.82, 2.24) is 15.6 Å². The number of rotatable bonds is 4. The van der Waals surface area contributed by atoms with Gasteiger partial charge in [-0.2, -0.15) is 0 Å². The minimum atomic E-state index is -0.0274. The normalized spacial score (nSPS) is 10.6. The predicted molar refractivity (Wildman–Crippen MR) is 64.6 cm³/mol. The summed E-state index contributed by atoms with van der Waals surface area (Å²) in [5.41, 5.74) is 1.70. The maximum atomic E-state index is 11.9. The van der Waals surface area contributed by atoms with Gasteiger partial charge in [-0.3, -0.25) is 4.79 Å². The van der Waals surface area contributed by atoms with Crippen molar-refractivity contribution in [1.29, 1.82) is 0 Å². The van der Waals surface area contributed by atoms with Gasteiger partial charge < -0.3 is 15.6 Å². The number of hydrogen-bond acceptors (Lipinski definition) is 2. The fourth-order valence-electron chi connectivity index (χ4n) is 1.68. The number of carbonyl (C=O) groups excluding carboxylic acids is 1. The van der Waals surface area contributed by atoms with E-state index >= 15 is 0 Å². The van der Waals surface area contributed by atoms with Crippen LogP contribution in [0.15, 0.2) is 30.5 Å². The highest BCUT2D eigenvalue weighted by atomic mass is 16.1. The van der Waals surface area contributed by atoms with Gasteiger partial charge in [-0.1, -0.05) is 6.07 Å². The molecule has 2 aromatic rings. The van der Waals surface area contributed by atoms with Gasteiger partial charge in [0.1, 0.15) is 0 Å². The number of likely N-dealkylation sites (N-methyl/N-ethyl adjacent to an activating group) is 1. The fourth-order valence-corrected chi connectivity index (χ4v) is 1.68. The van der Waals surface area contributed by atoms with E-state index in [1.54, 1.807) is 0 Å². The second-order valence-corrected chi connectivity index (χ2v) is 3.60. The molecule has 1 heterocycles. The van der Waals surface area contributed by atoms with Crippen molar-refractivity contribution in [2.24, 2.45) is 0 Å². The lowest BCUT2D eigenvalue weighted by atomic mass is 10.1. The van der Waals surface area contributed by atoms with Gasteiger partial charge in [-0.05, 0) is 25.2 Å². The van der Waals surface area contributed by atoms with E-state index in [9.17, 15) is 4.79 Å². The second-order valence-electron chi connectivity index (χ2n) is 3.60. The van der Waals surface area contributed by atoms with Gasteiger partial charge in [0.25, 0.3) is 5.91 Å². The van der Waals surface area contributed by atoms with Crippen molar-refractivity contribution < 1.29 is 4.79 Å². The van der Waals surface area contributed by atoms with Gasteiger partial charge in [0, 0.05) is 35.8 Å². The Morgan fingerprint density at radius 2 is 2.19 bits per heavy atom. The predicted octanol–water partition coefficient (Wildman–Crippen LogP) is 1.12. The minimum absolute atomic E-state index is 0.0274. The molecule has 1 amide bonds. The lowest BCUT2D eigenvalue weighted by Gasteiger charge is -2.05. The smallest absolute Gasteiger partial charge is 0.252 e. The number of aromatic nitrogens is 1. The van der Waals surface area contributed by atoms with Crippen molar-refractivity contribution in [2.75, 3.05) is 20.1 Å². The molecule has 3 N–H and O–H groups in total. The third-order valence-electron chi connectivity index (χ3n) is 2.50. The van der Waals surface area contributed by atoms with Crippen LogP contribution >= 0.6 is 0 Å². The molecule has 0 atom stereocenters. The molecule has 0 spiro atoms. The van der Waals surface area contributed by atoms with Gasteiger partial charge in [-0.25, -0.2) is 0 Å². The number of benzene rings is 1. The van der Waals surface area contributed by atoms with Crippen LogP contribution in [0.2, 0.25) is 0 Å². The third kappa shape index (κ3) is 2.06.